The molecule has 0 radical (unpaired) electrons. The van der Waals surface area contributed by atoms with Crippen molar-refractivity contribution in [2.75, 3.05) is 58.8 Å². The van der Waals surface area contributed by atoms with Crippen LogP contribution in [-0.4, -0.2) is 74.8 Å². The van der Waals surface area contributed by atoms with Gasteiger partial charge >= 0.3 is 0 Å². The number of carbonyl (C=O) groups excluding carboxylic acids is 1. The molecule has 2 heterocycles. The molecule has 1 aliphatic heterocycles. The number of alkyl halides is 1. The predicted molar refractivity (Wildman–Crippen MR) is 146 cm³/mol. The maximum Gasteiger partial charge on any atom is 0.274 e. The number of H-pyrrole nitrogens is 1. The van der Waals surface area contributed by atoms with Crippen molar-refractivity contribution in [3.63, 3.8) is 0 Å². The number of aromatic hydroxyl groups is 1. The lowest BCUT2D eigenvalue weighted by Gasteiger charge is -2.17. The first-order valence-electron chi connectivity index (χ1n) is 12.0. The molecule has 0 spiro atoms. The Bertz CT molecular complexity index is 1480. The summed E-state index contributed by atoms with van der Waals surface area (Å²) >= 11 is 6.37. The van der Waals surface area contributed by atoms with E-state index >= 15 is 0 Å². The van der Waals surface area contributed by atoms with Crippen LogP contribution in [0.1, 0.15) is 22.0 Å². The molecule has 0 saturated carbocycles. The molecule has 1 atom stereocenters. The van der Waals surface area contributed by atoms with Crippen molar-refractivity contribution in [1.29, 1.82) is 0 Å². The van der Waals surface area contributed by atoms with Gasteiger partial charge in [-0.1, -0.05) is 0 Å². The lowest BCUT2D eigenvalue weighted by molar-refractivity contribution is 0.0984. The summed E-state index contributed by atoms with van der Waals surface area (Å²) in [6.07, 6.45) is 0. The van der Waals surface area contributed by atoms with Gasteiger partial charge in [-0.3, -0.25) is 4.79 Å². The molecule has 0 saturated heterocycles. The Kier molecular flexibility index (Phi) is 6.79. The van der Waals surface area contributed by atoms with Crippen molar-refractivity contribution in [3.05, 3.63) is 53.7 Å². The van der Waals surface area contributed by atoms with Crippen LogP contribution >= 0.6 is 11.6 Å². The summed E-state index contributed by atoms with van der Waals surface area (Å²) < 4.78 is 16.9. The van der Waals surface area contributed by atoms with Gasteiger partial charge in [0.25, 0.3) is 5.91 Å². The van der Waals surface area contributed by atoms with E-state index in [9.17, 15) is 9.90 Å². The lowest BCUT2D eigenvalue weighted by Crippen LogP contribution is -2.30. The number of likely N-dealkylation sites (N-methyl/N-ethyl adjacent to an activating group) is 1. The molecule has 0 aliphatic carbocycles. The van der Waals surface area contributed by atoms with Crippen molar-refractivity contribution in [2.24, 2.45) is 0 Å². The van der Waals surface area contributed by atoms with Gasteiger partial charge < -0.3 is 34.1 Å². The zero-order valence-corrected chi connectivity index (χ0v) is 22.1. The Balaban J connectivity index is 1.53. The number of halogens is 1. The number of carbonyl (C=O) groups is 1. The second-order valence-corrected chi connectivity index (χ2v) is 9.74. The van der Waals surface area contributed by atoms with Gasteiger partial charge in [0.15, 0.2) is 11.5 Å². The van der Waals surface area contributed by atoms with Crippen LogP contribution in [0.2, 0.25) is 0 Å². The Hall–Kier alpha value is -3.62. The van der Waals surface area contributed by atoms with Crippen molar-refractivity contribution < 1.29 is 24.1 Å². The van der Waals surface area contributed by atoms with Crippen LogP contribution in [0.3, 0.4) is 0 Å². The maximum atomic E-state index is 13.8. The Morgan fingerprint density at radius 2 is 1.92 bits per heavy atom. The lowest BCUT2D eigenvalue weighted by atomic mass is 9.95. The van der Waals surface area contributed by atoms with Gasteiger partial charge in [-0.2, -0.15) is 0 Å². The number of hydrogen-bond donors (Lipinski definition) is 2. The number of ether oxygens (including phenoxy) is 3. The Morgan fingerprint density at radius 1 is 1.11 bits per heavy atom. The molecule has 1 aromatic heterocycles. The molecule has 1 amide bonds. The van der Waals surface area contributed by atoms with E-state index in [1.54, 1.807) is 31.3 Å². The number of aromatic amines is 1. The molecule has 9 heteroatoms. The van der Waals surface area contributed by atoms with Crippen molar-refractivity contribution in [1.82, 2.24) is 9.88 Å². The fraction of sp³-hybridized carbons (Fsp3) is 0.321. The maximum absolute atomic E-state index is 13.8. The highest BCUT2D eigenvalue weighted by Gasteiger charge is 2.35. The highest BCUT2D eigenvalue weighted by molar-refractivity contribution is 6.19. The molecule has 2 N–H and O–H groups in total. The quantitative estimate of drug-likeness (QED) is 0.317. The third kappa shape index (κ3) is 4.51. The summed E-state index contributed by atoms with van der Waals surface area (Å²) in [5.41, 5.74) is 2.77. The van der Waals surface area contributed by atoms with Crippen LogP contribution in [0.4, 0.5) is 5.69 Å². The topological polar surface area (TPSA) is 87.3 Å². The third-order valence-corrected chi connectivity index (χ3v) is 7.18. The highest BCUT2D eigenvalue weighted by atomic mass is 35.5. The minimum atomic E-state index is -0.208. The fourth-order valence-corrected chi connectivity index (χ4v) is 5.16. The summed E-state index contributed by atoms with van der Waals surface area (Å²) in [7, 11) is 7.16. The minimum Gasteiger partial charge on any atom is -0.507 e. The van der Waals surface area contributed by atoms with Gasteiger partial charge in [0.2, 0.25) is 0 Å². The van der Waals surface area contributed by atoms with E-state index in [1.165, 1.54) is 0 Å². The number of nitrogens with zero attached hydrogens (tertiary/aromatic N) is 2. The number of hydrogen-bond acceptors (Lipinski definition) is 6. The van der Waals surface area contributed by atoms with Crippen molar-refractivity contribution in [3.8, 4) is 23.0 Å². The number of methoxy groups -OCH3 is 2. The zero-order chi connectivity index (χ0) is 26.3. The van der Waals surface area contributed by atoms with E-state index in [0.717, 1.165) is 28.4 Å². The van der Waals surface area contributed by atoms with E-state index < -0.39 is 0 Å². The fourth-order valence-electron chi connectivity index (χ4n) is 4.91. The number of benzene rings is 3. The molecule has 37 heavy (non-hydrogen) atoms. The number of fused-ring (bicyclic) bond motifs is 4. The molecule has 1 unspecified atom stereocenters. The first kappa shape index (κ1) is 25.0. The van der Waals surface area contributed by atoms with Gasteiger partial charge in [0.05, 0.1) is 19.9 Å². The normalized spacial score (nSPS) is 15.0. The molecule has 4 aromatic rings. The number of phenols is 1. The van der Waals surface area contributed by atoms with Crippen LogP contribution in [0.5, 0.6) is 23.0 Å². The molecule has 5 rings (SSSR count). The van der Waals surface area contributed by atoms with E-state index in [4.69, 9.17) is 25.8 Å². The molecular weight excluding hydrogens is 494 g/mol. The van der Waals surface area contributed by atoms with Crippen LogP contribution in [-0.2, 0) is 0 Å². The number of aromatic nitrogens is 1. The van der Waals surface area contributed by atoms with Gasteiger partial charge in [0.1, 0.15) is 23.8 Å². The Labute approximate surface area is 220 Å². The first-order valence-corrected chi connectivity index (χ1v) is 12.6. The molecule has 8 nitrogen and oxygen atoms in total. The summed E-state index contributed by atoms with van der Waals surface area (Å²) in [6, 6.07) is 12.7. The summed E-state index contributed by atoms with van der Waals surface area (Å²) in [5.74, 6) is 2.03. The van der Waals surface area contributed by atoms with E-state index in [2.05, 4.69) is 4.98 Å². The monoisotopic (exact) mass is 523 g/mol. The predicted octanol–water partition coefficient (Wildman–Crippen LogP) is 4.97. The van der Waals surface area contributed by atoms with Gasteiger partial charge in [0, 0.05) is 53.3 Å². The SMILES string of the molecule is COc1ccc2c(O)cc3c(c2c1)C(CCl)CN3C(=O)c1cc2cc(OCCN(C)C)c(OC)cc2[nH]1. The average Bonchev–Trinajstić information content (AvgIpc) is 3.48. The highest BCUT2D eigenvalue weighted by Crippen LogP contribution is 2.46. The number of nitrogens with one attached hydrogen (secondary N) is 1. The standard InChI is InChI=1S/C28H30ClN3O5/c1-31(2)7-8-37-26-10-16-9-22(30-21(16)12-25(26)36-4)28(34)32-15-17(14-29)27-20-11-18(35-3)5-6-19(20)24(33)13-23(27)32/h5-6,9-13,17,30,33H,7-8,14-15H2,1-4H3. The average molecular weight is 524 g/mol. The molecule has 0 bridgehead atoms. The summed E-state index contributed by atoms with van der Waals surface area (Å²) in [5, 5.41) is 13.1. The molecule has 0 fully saturated rings. The molecular formula is C28H30ClN3O5. The molecule has 194 valence electrons. The Morgan fingerprint density at radius 3 is 2.62 bits per heavy atom. The number of anilines is 1. The van der Waals surface area contributed by atoms with Gasteiger partial charge in [-0.15, -0.1) is 11.6 Å². The van der Waals surface area contributed by atoms with Gasteiger partial charge in [-0.25, -0.2) is 0 Å². The zero-order valence-electron chi connectivity index (χ0n) is 21.3. The summed E-state index contributed by atoms with van der Waals surface area (Å²) in [6.45, 7) is 1.68. The number of rotatable bonds is 8. The van der Waals surface area contributed by atoms with Crippen LogP contribution in [0, 0.1) is 0 Å². The first-order chi connectivity index (χ1) is 17.8. The number of amides is 1. The minimum absolute atomic E-state index is 0.0861. The van der Waals surface area contributed by atoms with E-state index in [0.29, 0.717) is 53.0 Å². The number of phenolic OH excluding ortho intramolecular Hbond substituents is 1. The van der Waals surface area contributed by atoms with Crippen LogP contribution < -0.4 is 19.1 Å². The molecule has 1 aliphatic rings. The van der Waals surface area contributed by atoms with Crippen molar-refractivity contribution in [2.45, 2.75) is 5.92 Å². The van der Waals surface area contributed by atoms with Crippen LogP contribution in [0.25, 0.3) is 21.7 Å². The smallest absolute Gasteiger partial charge is 0.274 e. The van der Waals surface area contributed by atoms with Crippen LogP contribution in [0.15, 0.2) is 42.5 Å². The van der Waals surface area contributed by atoms with Crippen molar-refractivity contribution >= 4 is 44.9 Å². The van der Waals surface area contributed by atoms with E-state index in [-0.39, 0.29) is 17.6 Å². The molecule has 3 aromatic carbocycles. The van der Waals surface area contributed by atoms with Gasteiger partial charge in [-0.05, 0) is 55.4 Å². The largest absolute Gasteiger partial charge is 0.507 e. The third-order valence-electron chi connectivity index (χ3n) is 6.81. The van der Waals surface area contributed by atoms with E-state index in [1.807, 2.05) is 49.3 Å². The second-order valence-electron chi connectivity index (χ2n) is 9.43. The summed E-state index contributed by atoms with van der Waals surface area (Å²) in [4.78, 5) is 20.7. The second kappa shape index (κ2) is 10.0.